The summed E-state index contributed by atoms with van der Waals surface area (Å²) in [6.45, 7) is 5.35. The third-order valence-corrected chi connectivity index (χ3v) is 4.38. The minimum absolute atomic E-state index is 0.0654. The number of nitrogens with one attached hydrogen (secondary N) is 2. The lowest BCUT2D eigenvalue weighted by Crippen LogP contribution is -2.49. The standard InChI is InChI=1S/C14H18N4O3S/c1-4-14(3)12(20)18(13(21)16-14)17-10(19)8-22-11-6-5-9(2)7-15-11/h5-7H,4,8H2,1-3H3,(H,16,21)(H,17,19)/t14-/m1/s1. The molecule has 22 heavy (non-hydrogen) atoms. The van der Waals surface area contributed by atoms with Gasteiger partial charge in [-0.3, -0.25) is 15.0 Å². The van der Waals surface area contributed by atoms with E-state index in [1.54, 1.807) is 20.0 Å². The van der Waals surface area contributed by atoms with E-state index >= 15 is 0 Å². The highest BCUT2D eigenvalue weighted by Gasteiger charge is 2.47. The summed E-state index contributed by atoms with van der Waals surface area (Å²) in [5.74, 6) is -0.821. The quantitative estimate of drug-likeness (QED) is 0.628. The number of amides is 4. The van der Waals surface area contributed by atoms with Crippen LogP contribution in [-0.4, -0.2) is 39.1 Å². The number of thioether (sulfide) groups is 1. The second-order valence-corrected chi connectivity index (χ2v) is 6.25. The summed E-state index contributed by atoms with van der Waals surface area (Å²) in [6.07, 6.45) is 2.16. The molecule has 1 aliphatic heterocycles. The Morgan fingerprint density at radius 2 is 2.18 bits per heavy atom. The van der Waals surface area contributed by atoms with E-state index in [0.29, 0.717) is 11.4 Å². The van der Waals surface area contributed by atoms with Gasteiger partial charge in [0.25, 0.3) is 5.91 Å². The van der Waals surface area contributed by atoms with Gasteiger partial charge in [-0.05, 0) is 31.9 Å². The molecule has 1 saturated heterocycles. The molecule has 1 aromatic heterocycles. The van der Waals surface area contributed by atoms with E-state index in [9.17, 15) is 14.4 Å². The van der Waals surface area contributed by atoms with Crippen molar-refractivity contribution in [1.29, 1.82) is 0 Å². The Balaban J connectivity index is 1.91. The number of hydrogen-bond acceptors (Lipinski definition) is 5. The molecule has 1 aliphatic rings. The lowest BCUT2D eigenvalue weighted by atomic mass is 10.00. The van der Waals surface area contributed by atoms with E-state index in [1.165, 1.54) is 11.8 Å². The van der Waals surface area contributed by atoms with Crippen LogP contribution >= 0.6 is 11.8 Å². The van der Waals surface area contributed by atoms with Crippen LogP contribution in [-0.2, 0) is 9.59 Å². The van der Waals surface area contributed by atoms with Crippen molar-refractivity contribution in [3.63, 3.8) is 0 Å². The van der Waals surface area contributed by atoms with Crippen molar-refractivity contribution in [3.05, 3.63) is 23.9 Å². The van der Waals surface area contributed by atoms with Crippen molar-refractivity contribution in [1.82, 2.24) is 20.7 Å². The summed E-state index contributed by atoms with van der Waals surface area (Å²) in [6, 6.07) is 3.10. The Kier molecular flexibility index (Phi) is 4.70. The monoisotopic (exact) mass is 322 g/mol. The number of carbonyl (C=O) groups excluding carboxylic acids is 3. The second kappa shape index (κ2) is 6.35. The molecule has 0 spiro atoms. The molecule has 0 radical (unpaired) electrons. The average molecular weight is 322 g/mol. The van der Waals surface area contributed by atoms with Crippen molar-refractivity contribution >= 4 is 29.6 Å². The lowest BCUT2D eigenvalue weighted by Gasteiger charge is -2.19. The van der Waals surface area contributed by atoms with Gasteiger partial charge in [-0.15, -0.1) is 0 Å². The van der Waals surface area contributed by atoms with Crippen LogP contribution in [0.1, 0.15) is 25.8 Å². The second-order valence-electron chi connectivity index (χ2n) is 5.25. The van der Waals surface area contributed by atoms with Crippen LogP contribution in [0.4, 0.5) is 4.79 Å². The SMILES string of the molecule is CC[C@@]1(C)NC(=O)N(NC(=O)CSc2ccc(C)cn2)C1=O. The van der Waals surface area contributed by atoms with E-state index in [-0.39, 0.29) is 5.75 Å². The molecule has 2 N–H and O–H groups in total. The van der Waals surface area contributed by atoms with Gasteiger partial charge in [0, 0.05) is 6.20 Å². The van der Waals surface area contributed by atoms with Crippen LogP contribution in [0.2, 0.25) is 0 Å². The maximum atomic E-state index is 12.1. The van der Waals surface area contributed by atoms with E-state index in [2.05, 4.69) is 15.7 Å². The highest BCUT2D eigenvalue weighted by molar-refractivity contribution is 7.99. The maximum absolute atomic E-state index is 12.1. The van der Waals surface area contributed by atoms with Gasteiger partial charge in [0.1, 0.15) is 5.54 Å². The fourth-order valence-electron chi connectivity index (χ4n) is 1.86. The smallest absolute Gasteiger partial charge is 0.322 e. The first-order chi connectivity index (χ1) is 10.4. The number of hydrogen-bond donors (Lipinski definition) is 2. The first kappa shape index (κ1) is 16.3. The number of hydrazine groups is 1. The molecule has 2 heterocycles. The minimum atomic E-state index is -0.962. The number of imide groups is 1. The Bertz CT molecular complexity index is 605. The van der Waals surface area contributed by atoms with Crippen molar-refractivity contribution in [2.24, 2.45) is 0 Å². The third-order valence-electron chi connectivity index (χ3n) is 3.44. The predicted octanol–water partition coefficient (Wildman–Crippen LogP) is 1.23. The fourth-order valence-corrected chi connectivity index (χ4v) is 2.50. The predicted molar refractivity (Wildman–Crippen MR) is 81.9 cm³/mol. The number of rotatable bonds is 5. The highest BCUT2D eigenvalue weighted by atomic mass is 32.2. The number of aryl methyl sites for hydroxylation is 1. The summed E-state index contributed by atoms with van der Waals surface area (Å²) < 4.78 is 0. The van der Waals surface area contributed by atoms with Crippen molar-refractivity contribution in [3.8, 4) is 0 Å². The Morgan fingerprint density at radius 3 is 2.73 bits per heavy atom. The van der Waals surface area contributed by atoms with E-state index in [0.717, 1.165) is 10.6 Å². The number of aromatic nitrogens is 1. The summed E-state index contributed by atoms with van der Waals surface area (Å²) in [5.41, 5.74) is 2.41. The average Bonchev–Trinajstić information content (AvgIpc) is 2.71. The molecule has 118 valence electrons. The lowest BCUT2D eigenvalue weighted by molar-refractivity contribution is -0.137. The highest BCUT2D eigenvalue weighted by Crippen LogP contribution is 2.19. The first-order valence-electron chi connectivity index (χ1n) is 6.87. The molecule has 8 heteroatoms. The van der Waals surface area contributed by atoms with Gasteiger partial charge >= 0.3 is 6.03 Å². The molecule has 1 atom stereocenters. The van der Waals surface area contributed by atoms with Crippen LogP contribution < -0.4 is 10.7 Å². The van der Waals surface area contributed by atoms with E-state index in [1.807, 2.05) is 19.1 Å². The number of urea groups is 1. The first-order valence-corrected chi connectivity index (χ1v) is 7.86. The molecule has 0 unspecified atom stereocenters. The molecular formula is C14H18N4O3S. The topological polar surface area (TPSA) is 91.4 Å². The van der Waals surface area contributed by atoms with Gasteiger partial charge in [0.05, 0.1) is 10.8 Å². The molecule has 1 fully saturated rings. The molecule has 1 aromatic rings. The Labute approximate surface area is 132 Å². The molecule has 0 saturated carbocycles. The van der Waals surface area contributed by atoms with Crippen molar-refractivity contribution in [2.45, 2.75) is 37.8 Å². The van der Waals surface area contributed by atoms with Gasteiger partial charge in [-0.1, -0.05) is 24.8 Å². The largest absolute Gasteiger partial charge is 0.344 e. The Morgan fingerprint density at radius 1 is 1.45 bits per heavy atom. The summed E-state index contributed by atoms with van der Waals surface area (Å²) >= 11 is 1.24. The van der Waals surface area contributed by atoms with Gasteiger partial charge in [0.2, 0.25) is 5.91 Å². The molecule has 7 nitrogen and oxygen atoms in total. The zero-order valence-corrected chi connectivity index (χ0v) is 13.5. The molecule has 0 aliphatic carbocycles. The molecular weight excluding hydrogens is 304 g/mol. The van der Waals surface area contributed by atoms with Crippen LogP contribution in [0, 0.1) is 6.92 Å². The van der Waals surface area contributed by atoms with Crippen LogP contribution in [0.3, 0.4) is 0 Å². The zero-order valence-electron chi connectivity index (χ0n) is 12.7. The van der Waals surface area contributed by atoms with Crippen molar-refractivity contribution < 1.29 is 14.4 Å². The minimum Gasteiger partial charge on any atom is -0.322 e. The van der Waals surface area contributed by atoms with Gasteiger partial charge < -0.3 is 5.32 Å². The third kappa shape index (κ3) is 3.38. The molecule has 4 amide bonds. The normalized spacial score (nSPS) is 21.0. The number of nitrogens with zero attached hydrogens (tertiary/aromatic N) is 2. The summed E-state index contributed by atoms with van der Waals surface area (Å²) in [5, 5.41) is 4.02. The number of carbonyl (C=O) groups is 3. The van der Waals surface area contributed by atoms with Gasteiger partial charge in [-0.2, -0.15) is 5.01 Å². The van der Waals surface area contributed by atoms with E-state index < -0.39 is 23.4 Å². The van der Waals surface area contributed by atoms with Gasteiger partial charge in [0.15, 0.2) is 0 Å². The zero-order chi connectivity index (χ0) is 16.3. The summed E-state index contributed by atoms with van der Waals surface area (Å²) in [7, 11) is 0. The van der Waals surface area contributed by atoms with Gasteiger partial charge in [-0.25, -0.2) is 9.78 Å². The fraction of sp³-hybridized carbons (Fsp3) is 0.429. The maximum Gasteiger partial charge on any atom is 0.344 e. The molecule has 2 rings (SSSR count). The summed E-state index contributed by atoms with van der Waals surface area (Å²) in [4.78, 5) is 40.0. The van der Waals surface area contributed by atoms with E-state index in [4.69, 9.17) is 0 Å². The number of pyridine rings is 1. The Hall–Kier alpha value is -2.09. The molecule has 0 bridgehead atoms. The molecule has 0 aromatic carbocycles. The van der Waals surface area contributed by atoms with Crippen LogP contribution in [0.25, 0.3) is 0 Å². The van der Waals surface area contributed by atoms with Crippen LogP contribution in [0.5, 0.6) is 0 Å². The van der Waals surface area contributed by atoms with Crippen LogP contribution in [0.15, 0.2) is 23.4 Å². The van der Waals surface area contributed by atoms with Crippen molar-refractivity contribution in [2.75, 3.05) is 5.75 Å².